The molecule has 0 aliphatic carbocycles. The molecule has 0 aliphatic heterocycles. The summed E-state index contributed by atoms with van der Waals surface area (Å²) in [4.78, 5) is 4.30. The summed E-state index contributed by atoms with van der Waals surface area (Å²) in [6.07, 6.45) is 1.56. The van der Waals surface area contributed by atoms with Gasteiger partial charge in [-0.25, -0.2) is 4.68 Å². The van der Waals surface area contributed by atoms with E-state index in [2.05, 4.69) is 53.2 Å². The number of benzene rings is 1. The molecule has 1 aromatic carbocycles. The van der Waals surface area contributed by atoms with Crippen LogP contribution in [-0.2, 0) is 11.2 Å². The quantitative estimate of drug-likeness (QED) is 0.400. The molecule has 144 valence electrons. The van der Waals surface area contributed by atoms with Crippen molar-refractivity contribution in [1.82, 2.24) is 25.0 Å². The first kappa shape index (κ1) is 18.3. The molecule has 0 saturated carbocycles. The van der Waals surface area contributed by atoms with E-state index in [1.165, 1.54) is 22.0 Å². The van der Waals surface area contributed by atoms with Crippen LogP contribution >= 0.6 is 11.8 Å². The minimum absolute atomic E-state index is 0.0923. The van der Waals surface area contributed by atoms with Crippen LogP contribution in [0.25, 0.3) is 23.0 Å². The largest absolute Gasteiger partial charge is 0.459 e. The van der Waals surface area contributed by atoms with Crippen molar-refractivity contribution in [2.24, 2.45) is 0 Å². The van der Waals surface area contributed by atoms with Crippen LogP contribution in [0.4, 0.5) is 0 Å². The molecule has 3 aromatic heterocycles. The number of aromatic nitrogens is 5. The van der Waals surface area contributed by atoms with E-state index in [4.69, 9.17) is 14.8 Å². The van der Waals surface area contributed by atoms with Crippen molar-refractivity contribution >= 4 is 11.8 Å². The van der Waals surface area contributed by atoms with E-state index in [1.54, 1.807) is 18.4 Å². The van der Waals surface area contributed by atoms with Gasteiger partial charge in [0.2, 0.25) is 5.16 Å². The number of hydrogen-bond donors (Lipinski definition) is 1. The van der Waals surface area contributed by atoms with E-state index in [-0.39, 0.29) is 5.41 Å². The number of furan rings is 1. The van der Waals surface area contributed by atoms with E-state index in [0.29, 0.717) is 34.2 Å². The number of nitrogens with two attached hydrogens (primary N) is 1. The molecule has 2 N–H and O–H groups in total. The smallest absolute Gasteiger partial charge is 0.293 e. The van der Waals surface area contributed by atoms with Crippen molar-refractivity contribution in [3.8, 4) is 23.0 Å². The average molecular weight is 396 g/mol. The van der Waals surface area contributed by atoms with Gasteiger partial charge in [0.15, 0.2) is 17.4 Å². The highest BCUT2D eigenvalue weighted by Gasteiger charge is 2.17. The Bertz CT molecular complexity index is 1060. The summed E-state index contributed by atoms with van der Waals surface area (Å²) < 4.78 is 11.9. The summed E-state index contributed by atoms with van der Waals surface area (Å²) in [5, 5.41) is 12.9. The van der Waals surface area contributed by atoms with E-state index in [0.717, 1.165) is 5.56 Å². The van der Waals surface area contributed by atoms with Crippen molar-refractivity contribution < 1.29 is 8.94 Å². The van der Waals surface area contributed by atoms with Crippen molar-refractivity contribution in [1.29, 1.82) is 0 Å². The van der Waals surface area contributed by atoms with E-state index in [9.17, 15) is 0 Å². The summed E-state index contributed by atoms with van der Waals surface area (Å²) >= 11 is 1.38. The summed E-state index contributed by atoms with van der Waals surface area (Å²) in [5.74, 6) is 8.65. The first-order valence-corrected chi connectivity index (χ1v) is 9.71. The number of nitrogen functional groups attached to an aromatic ring is 1. The third kappa shape index (κ3) is 3.65. The maximum Gasteiger partial charge on any atom is 0.293 e. The normalized spacial score (nSPS) is 11.8. The Morgan fingerprint density at radius 2 is 1.89 bits per heavy atom. The van der Waals surface area contributed by atoms with Crippen LogP contribution in [0.3, 0.4) is 0 Å². The molecule has 3 heterocycles. The van der Waals surface area contributed by atoms with Gasteiger partial charge < -0.3 is 14.8 Å². The van der Waals surface area contributed by atoms with E-state index in [1.807, 2.05) is 12.1 Å². The van der Waals surface area contributed by atoms with E-state index < -0.39 is 0 Å². The lowest BCUT2D eigenvalue weighted by Crippen LogP contribution is -2.12. The summed E-state index contributed by atoms with van der Waals surface area (Å²) in [5.41, 5.74) is 2.25. The molecule has 0 bridgehead atoms. The van der Waals surface area contributed by atoms with Gasteiger partial charge in [0.1, 0.15) is 0 Å². The van der Waals surface area contributed by atoms with Gasteiger partial charge in [-0.05, 0) is 23.1 Å². The minimum Gasteiger partial charge on any atom is -0.459 e. The Kier molecular flexibility index (Phi) is 4.68. The third-order valence-electron chi connectivity index (χ3n) is 4.20. The second-order valence-electron chi connectivity index (χ2n) is 7.29. The van der Waals surface area contributed by atoms with Crippen molar-refractivity contribution in [2.45, 2.75) is 37.1 Å². The standard InChI is InChI=1S/C19H20N6O2S/c1-19(2,3)13-8-6-12(7-9-13)16-22-23-18(25(16)20)28-11-15-21-17(27-24-15)14-5-4-10-26-14/h4-10H,11,20H2,1-3H3. The predicted octanol–water partition coefficient (Wildman–Crippen LogP) is 3.89. The van der Waals surface area contributed by atoms with Crippen molar-refractivity contribution in [2.75, 3.05) is 5.84 Å². The van der Waals surface area contributed by atoms with Gasteiger partial charge in [-0.15, -0.1) is 10.2 Å². The maximum atomic E-state index is 6.20. The Morgan fingerprint density at radius 1 is 1.11 bits per heavy atom. The predicted molar refractivity (Wildman–Crippen MR) is 106 cm³/mol. The molecule has 0 radical (unpaired) electrons. The van der Waals surface area contributed by atoms with Gasteiger partial charge >= 0.3 is 0 Å². The molecule has 0 amide bonds. The molecular formula is C19H20N6O2S. The van der Waals surface area contributed by atoms with Crippen molar-refractivity contribution in [3.05, 3.63) is 54.0 Å². The molecule has 4 rings (SSSR count). The summed E-state index contributed by atoms with van der Waals surface area (Å²) in [6, 6.07) is 11.7. The molecular weight excluding hydrogens is 376 g/mol. The molecule has 8 nitrogen and oxygen atoms in total. The zero-order valence-electron chi connectivity index (χ0n) is 15.8. The second kappa shape index (κ2) is 7.16. The fraction of sp³-hybridized carbons (Fsp3) is 0.263. The lowest BCUT2D eigenvalue weighted by molar-refractivity contribution is 0.411. The van der Waals surface area contributed by atoms with Crippen molar-refractivity contribution in [3.63, 3.8) is 0 Å². The molecule has 4 aromatic rings. The number of nitrogens with zero attached hydrogens (tertiary/aromatic N) is 5. The van der Waals surface area contributed by atoms with E-state index >= 15 is 0 Å². The van der Waals surface area contributed by atoms with Crippen LogP contribution in [0.1, 0.15) is 32.2 Å². The lowest BCUT2D eigenvalue weighted by atomic mass is 9.87. The highest BCUT2D eigenvalue weighted by molar-refractivity contribution is 7.98. The first-order valence-electron chi connectivity index (χ1n) is 8.72. The first-order chi connectivity index (χ1) is 13.4. The van der Waals surface area contributed by atoms with Gasteiger partial charge in [-0.2, -0.15) is 4.98 Å². The average Bonchev–Trinajstić information content (AvgIpc) is 3.40. The molecule has 0 fully saturated rings. The number of thioether (sulfide) groups is 1. The Balaban J connectivity index is 1.47. The van der Waals surface area contributed by atoms with Crippen LogP contribution in [0.5, 0.6) is 0 Å². The SMILES string of the molecule is CC(C)(C)c1ccc(-c2nnc(SCc3noc(-c4ccco4)n3)n2N)cc1. The molecule has 0 unspecified atom stereocenters. The Labute approximate surface area is 166 Å². The molecule has 0 spiro atoms. The van der Waals surface area contributed by atoms with Gasteiger partial charge in [0.25, 0.3) is 5.89 Å². The number of rotatable bonds is 5. The fourth-order valence-corrected chi connectivity index (χ4v) is 3.33. The molecule has 28 heavy (non-hydrogen) atoms. The van der Waals surface area contributed by atoms with Gasteiger partial charge in [-0.1, -0.05) is 62.0 Å². The summed E-state index contributed by atoms with van der Waals surface area (Å²) in [7, 11) is 0. The zero-order chi connectivity index (χ0) is 19.7. The Morgan fingerprint density at radius 3 is 2.57 bits per heavy atom. The van der Waals surface area contributed by atoms with Gasteiger partial charge in [-0.3, -0.25) is 0 Å². The van der Waals surface area contributed by atoms with Crippen LogP contribution in [0.2, 0.25) is 0 Å². The monoisotopic (exact) mass is 396 g/mol. The lowest BCUT2D eigenvalue weighted by Gasteiger charge is -2.19. The molecule has 0 aliphatic rings. The van der Waals surface area contributed by atoms with Crippen LogP contribution in [0.15, 0.2) is 56.8 Å². The van der Waals surface area contributed by atoms with Crippen LogP contribution in [-0.4, -0.2) is 25.0 Å². The van der Waals surface area contributed by atoms with Crippen LogP contribution in [0, 0.1) is 0 Å². The third-order valence-corrected chi connectivity index (χ3v) is 5.14. The maximum absolute atomic E-state index is 6.20. The second-order valence-corrected chi connectivity index (χ2v) is 8.23. The van der Waals surface area contributed by atoms with Gasteiger partial charge in [0.05, 0.1) is 12.0 Å². The minimum atomic E-state index is 0.0923. The summed E-state index contributed by atoms with van der Waals surface area (Å²) in [6.45, 7) is 6.53. The molecule has 0 atom stereocenters. The zero-order valence-corrected chi connectivity index (χ0v) is 16.6. The van der Waals surface area contributed by atoms with Gasteiger partial charge in [0, 0.05) is 5.56 Å². The Hall–Kier alpha value is -3.07. The highest BCUT2D eigenvalue weighted by Crippen LogP contribution is 2.27. The fourth-order valence-electron chi connectivity index (χ4n) is 2.63. The molecule has 9 heteroatoms. The topological polar surface area (TPSA) is 109 Å². The highest BCUT2D eigenvalue weighted by atomic mass is 32.2. The number of hydrogen-bond acceptors (Lipinski definition) is 8. The van der Waals surface area contributed by atoms with Crippen LogP contribution < -0.4 is 5.84 Å². The molecule has 0 saturated heterocycles.